The fraction of sp³-hybridized carbons (Fsp3) is 0.111. The molecular weight excluding hydrogens is 324 g/mol. The Hall–Kier alpha value is -3.66. The van der Waals surface area contributed by atoms with Crippen LogP contribution in [0.1, 0.15) is 5.56 Å². The molecule has 0 spiro atoms. The quantitative estimate of drug-likeness (QED) is 0.438. The molecule has 0 atom stereocenters. The molecule has 0 aliphatic rings. The van der Waals surface area contributed by atoms with E-state index in [0.29, 0.717) is 11.3 Å². The van der Waals surface area contributed by atoms with E-state index in [0.717, 1.165) is 0 Å². The number of rotatable bonds is 5. The first kappa shape index (κ1) is 17.7. The second-order valence-corrected chi connectivity index (χ2v) is 4.94. The number of nitrogens with zero attached hydrogens (tertiary/aromatic N) is 1. The van der Waals surface area contributed by atoms with Crippen LogP contribution in [-0.4, -0.2) is 30.3 Å². The lowest BCUT2D eigenvalue weighted by atomic mass is 10.1. The molecule has 2 aromatic rings. The van der Waals surface area contributed by atoms with E-state index < -0.39 is 5.91 Å². The number of anilines is 1. The standard InChI is InChI=1S/C18H16N2O5/c1-24-15-8-11(9-16(25-2)17(15)22)7-12(10-19)18(23)20-13-3-5-14(21)6-4-13/h3-9,21-22H,1-2H3,(H,20,23)/b12-7-. The molecule has 128 valence electrons. The smallest absolute Gasteiger partial charge is 0.266 e. The van der Waals surface area contributed by atoms with Crippen molar-refractivity contribution in [3.8, 4) is 29.1 Å². The van der Waals surface area contributed by atoms with Gasteiger partial charge in [-0.15, -0.1) is 0 Å². The molecule has 0 bridgehead atoms. The van der Waals surface area contributed by atoms with Crippen LogP contribution in [0.15, 0.2) is 42.0 Å². The Morgan fingerprint density at radius 3 is 2.16 bits per heavy atom. The molecule has 0 aliphatic heterocycles. The van der Waals surface area contributed by atoms with Gasteiger partial charge in [0.15, 0.2) is 11.5 Å². The summed E-state index contributed by atoms with van der Waals surface area (Å²) in [6.45, 7) is 0. The average Bonchev–Trinajstić information content (AvgIpc) is 2.62. The maximum atomic E-state index is 12.2. The summed E-state index contributed by atoms with van der Waals surface area (Å²) in [6.07, 6.45) is 1.35. The molecule has 0 aliphatic carbocycles. The lowest BCUT2D eigenvalue weighted by Crippen LogP contribution is -2.13. The van der Waals surface area contributed by atoms with Crippen LogP contribution in [0.2, 0.25) is 0 Å². The Labute approximate surface area is 144 Å². The molecule has 0 radical (unpaired) electrons. The zero-order chi connectivity index (χ0) is 18.4. The van der Waals surface area contributed by atoms with Gasteiger partial charge in [-0.25, -0.2) is 0 Å². The van der Waals surface area contributed by atoms with E-state index in [-0.39, 0.29) is 28.6 Å². The molecule has 0 saturated heterocycles. The van der Waals surface area contributed by atoms with Gasteiger partial charge in [0, 0.05) is 5.69 Å². The number of ether oxygens (including phenoxy) is 2. The third-order valence-electron chi connectivity index (χ3n) is 3.30. The van der Waals surface area contributed by atoms with Gasteiger partial charge in [0.05, 0.1) is 14.2 Å². The van der Waals surface area contributed by atoms with Gasteiger partial charge in [0.1, 0.15) is 17.4 Å². The molecule has 1 amide bonds. The van der Waals surface area contributed by atoms with E-state index in [9.17, 15) is 20.3 Å². The van der Waals surface area contributed by atoms with Gasteiger partial charge in [-0.3, -0.25) is 4.79 Å². The highest BCUT2D eigenvalue weighted by atomic mass is 16.5. The van der Waals surface area contributed by atoms with Crippen molar-refractivity contribution in [2.45, 2.75) is 0 Å². The number of phenols is 2. The molecule has 2 rings (SSSR count). The minimum absolute atomic E-state index is 0.0670. The van der Waals surface area contributed by atoms with E-state index in [4.69, 9.17) is 9.47 Å². The second-order valence-electron chi connectivity index (χ2n) is 4.94. The summed E-state index contributed by atoms with van der Waals surface area (Å²) in [4.78, 5) is 12.2. The number of hydrogen-bond acceptors (Lipinski definition) is 6. The highest BCUT2D eigenvalue weighted by Gasteiger charge is 2.13. The van der Waals surface area contributed by atoms with Gasteiger partial charge < -0.3 is 25.0 Å². The number of aromatic hydroxyl groups is 2. The number of benzene rings is 2. The number of methoxy groups -OCH3 is 2. The third kappa shape index (κ3) is 4.20. The maximum absolute atomic E-state index is 12.2. The number of carbonyl (C=O) groups is 1. The van der Waals surface area contributed by atoms with Crippen LogP contribution in [0, 0.1) is 11.3 Å². The molecule has 0 heterocycles. The van der Waals surface area contributed by atoms with Crippen molar-refractivity contribution in [1.82, 2.24) is 0 Å². The molecule has 7 nitrogen and oxygen atoms in total. The van der Waals surface area contributed by atoms with Crippen molar-refractivity contribution in [2.24, 2.45) is 0 Å². The van der Waals surface area contributed by atoms with Crippen LogP contribution >= 0.6 is 0 Å². The number of nitrogens with one attached hydrogen (secondary N) is 1. The minimum atomic E-state index is -0.612. The number of nitriles is 1. The summed E-state index contributed by atoms with van der Waals surface area (Å²) >= 11 is 0. The molecule has 0 aromatic heterocycles. The molecular formula is C18H16N2O5. The van der Waals surface area contributed by atoms with Crippen LogP contribution < -0.4 is 14.8 Å². The normalized spacial score (nSPS) is 10.7. The van der Waals surface area contributed by atoms with E-state index in [2.05, 4.69) is 5.32 Å². The lowest BCUT2D eigenvalue weighted by Gasteiger charge is -2.10. The van der Waals surface area contributed by atoms with Gasteiger partial charge >= 0.3 is 0 Å². The molecule has 25 heavy (non-hydrogen) atoms. The molecule has 7 heteroatoms. The Morgan fingerprint density at radius 1 is 1.12 bits per heavy atom. The van der Waals surface area contributed by atoms with E-state index >= 15 is 0 Å². The van der Waals surface area contributed by atoms with Crippen LogP contribution in [0.4, 0.5) is 5.69 Å². The van der Waals surface area contributed by atoms with Gasteiger partial charge in [0.25, 0.3) is 5.91 Å². The van der Waals surface area contributed by atoms with E-state index in [1.54, 1.807) is 0 Å². The minimum Gasteiger partial charge on any atom is -0.508 e. The van der Waals surface area contributed by atoms with Crippen molar-refractivity contribution < 1.29 is 24.5 Å². The molecule has 2 aromatic carbocycles. The van der Waals surface area contributed by atoms with Crippen molar-refractivity contribution in [3.63, 3.8) is 0 Å². The molecule has 3 N–H and O–H groups in total. The number of phenolic OH excluding ortho intramolecular Hbond substituents is 2. The van der Waals surface area contributed by atoms with Crippen molar-refractivity contribution in [2.75, 3.05) is 19.5 Å². The summed E-state index contributed by atoms with van der Waals surface area (Å²) < 4.78 is 10.1. The number of hydrogen-bond donors (Lipinski definition) is 3. The Bertz CT molecular complexity index is 826. The predicted molar refractivity (Wildman–Crippen MR) is 91.5 cm³/mol. The third-order valence-corrected chi connectivity index (χ3v) is 3.30. The van der Waals surface area contributed by atoms with Crippen LogP contribution in [0.3, 0.4) is 0 Å². The maximum Gasteiger partial charge on any atom is 0.266 e. The summed E-state index contributed by atoms with van der Waals surface area (Å²) in [5.41, 5.74) is 0.733. The van der Waals surface area contributed by atoms with Gasteiger partial charge in [-0.1, -0.05) is 0 Å². The number of carbonyl (C=O) groups excluding carboxylic acids is 1. The van der Waals surface area contributed by atoms with Crippen molar-refractivity contribution >= 4 is 17.7 Å². The first-order valence-electron chi connectivity index (χ1n) is 7.15. The topological polar surface area (TPSA) is 112 Å². The highest BCUT2D eigenvalue weighted by molar-refractivity contribution is 6.09. The Kier molecular flexibility index (Phi) is 5.48. The summed E-state index contributed by atoms with van der Waals surface area (Å²) in [5.74, 6) is -0.408. The summed E-state index contributed by atoms with van der Waals surface area (Å²) in [7, 11) is 2.76. The van der Waals surface area contributed by atoms with Crippen LogP contribution in [0.5, 0.6) is 23.0 Å². The second kappa shape index (κ2) is 7.75. The molecule has 0 unspecified atom stereocenters. The fourth-order valence-electron chi connectivity index (χ4n) is 2.06. The van der Waals surface area contributed by atoms with Crippen molar-refractivity contribution in [3.05, 3.63) is 47.5 Å². The SMILES string of the molecule is COc1cc(/C=C(/C#N)C(=O)Nc2ccc(O)cc2)cc(OC)c1O. The number of amides is 1. The van der Waals surface area contributed by atoms with Gasteiger partial charge in [0.2, 0.25) is 5.75 Å². The van der Waals surface area contributed by atoms with Crippen LogP contribution in [0.25, 0.3) is 6.08 Å². The molecule has 0 fully saturated rings. The zero-order valence-electron chi connectivity index (χ0n) is 13.6. The Balaban J connectivity index is 2.32. The van der Waals surface area contributed by atoms with Crippen LogP contribution in [-0.2, 0) is 4.79 Å². The largest absolute Gasteiger partial charge is 0.508 e. The van der Waals surface area contributed by atoms with E-state index in [1.807, 2.05) is 6.07 Å². The van der Waals surface area contributed by atoms with Crippen molar-refractivity contribution in [1.29, 1.82) is 5.26 Å². The average molecular weight is 340 g/mol. The van der Waals surface area contributed by atoms with E-state index in [1.165, 1.54) is 56.7 Å². The lowest BCUT2D eigenvalue weighted by molar-refractivity contribution is -0.112. The first-order chi connectivity index (χ1) is 12.0. The highest BCUT2D eigenvalue weighted by Crippen LogP contribution is 2.37. The molecule has 0 saturated carbocycles. The summed E-state index contributed by atoms with van der Waals surface area (Å²) in [5, 5.41) is 30.9. The van der Waals surface area contributed by atoms with Gasteiger partial charge in [-0.2, -0.15) is 5.26 Å². The monoisotopic (exact) mass is 340 g/mol. The fourth-order valence-corrected chi connectivity index (χ4v) is 2.06. The predicted octanol–water partition coefficient (Wildman–Crippen LogP) is 2.66. The summed E-state index contributed by atoms with van der Waals surface area (Å²) in [6, 6.07) is 10.6. The Morgan fingerprint density at radius 2 is 1.68 bits per heavy atom. The zero-order valence-corrected chi connectivity index (χ0v) is 13.6. The first-order valence-corrected chi connectivity index (χ1v) is 7.15. The van der Waals surface area contributed by atoms with Gasteiger partial charge in [-0.05, 0) is 48.0 Å².